The number of nitrogens with zero attached hydrogens (tertiary/aromatic N) is 7. The van der Waals surface area contributed by atoms with E-state index in [0.29, 0.717) is 41.6 Å². The van der Waals surface area contributed by atoms with Gasteiger partial charge in [0.15, 0.2) is 17.0 Å². The molecule has 0 aliphatic carbocycles. The normalized spacial score (nSPS) is 11.5. The Kier molecular flexibility index (Phi) is 6.43. The number of aryl methyl sites for hydroxylation is 1. The molecule has 10 nitrogen and oxygen atoms in total. The van der Waals surface area contributed by atoms with Gasteiger partial charge in [0.2, 0.25) is 0 Å². The molecule has 3 heterocycles. The molecule has 1 N–H and O–H groups in total. The Morgan fingerprint density at radius 1 is 0.850 bits per heavy atom. The van der Waals surface area contributed by atoms with Crippen LogP contribution in [-0.4, -0.2) is 39.3 Å². The number of tetrazole rings is 1. The van der Waals surface area contributed by atoms with Crippen LogP contribution in [0.1, 0.15) is 25.2 Å². The summed E-state index contributed by atoms with van der Waals surface area (Å²) in [4.78, 5) is 32.0. The van der Waals surface area contributed by atoms with E-state index in [1.54, 1.807) is 4.57 Å². The molecular weight excluding hydrogens is 504 g/mol. The van der Waals surface area contributed by atoms with E-state index < -0.39 is 0 Å². The summed E-state index contributed by atoms with van der Waals surface area (Å²) in [7, 11) is 0. The number of hydrogen-bond donors (Lipinski definition) is 1. The summed E-state index contributed by atoms with van der Waals surface area (Å²) in [5, 5.41) is 14.3. The fourth-order valence-corrected chi connectivity index (χ4v) is 5.06. The van der Waals surface area contributed by atoms with Crippen LogP contribution < -0.4 is 11.2 Å². The molecule has 10 heteroatoms. The van der Waals surface area contributed by atoms with Crippen LogP contribution in [0, 0.1) is 12.8 Å². The van der Waals surface area contributed by atoms with Crippen molar-refractivity contribution in [2.75, 3.05) is 0 Å². The SMILES string of the molecule is Cc1nc2c(c(=O)n(CC(C)C)c(=O)n2-c2ccccc2)n1Cc1ccc(-c2ccccc2-c2nnn[nH]2)cc1. The van der Waals surface area contributed by atoms with E-state index in [9.17, 15) is 9.59 Å². The second-order valence-corrected chi connectivity index (χ2v) is 10.2. The van der Waals surface area contributed by atoms with E-state index in [2.05, 4.69) is 20.6 Å². The van der Waals surface area contributed by atoms with Gasteiger partial charge in [-0.05, 0) is 52.1 Å². The first-order valence-electron chi connectivity index (χ1n) is 13.1. The number of fused-ring (bicyclic) bond motifs is 1. The number of hydrogen-bond acceptors (Lipinski definition) is 6. The van der Waals surface area contributed by atoms with Crippen LogP contribution in [0.15, 0.2) is 88.5 Å². The van der Waals surface area contributed by atoms with Crippen LogP contribution >= 0.6 is 0 Å². The number of benzene rings is 3. The van der Waals surface area contributed by atoms with Crippen LogP contribution in [0.2, 0.25) is 0 Å². The molecule has 0 aliphatic rings. The van der Waals surface area contributed by atoms with Crippen molar-refractivity contribution in [3.05, 3.63) is 111 Å². The van der Waals surface area contributed by atoms with Crippen LogP contribution in [0.3, 0.4) is 0 Å². The Bertz CT molecular complexity index is 1920. The summed E-state index contributed by atoms with van der Waals surface area (Å²) in [5.41, 5.74) is 4.65. The molecule has 200 valence electrons. The monoisotopic (exact) mass is 532 g/mol. The predicted octanol–water partition coefficient (Wildman–Crippen LogP) is 4.21. The lowest BCUT2D eigenvalue weighted by Gasteiger charge is -2.14. The number of rotatable bonds is 7. The standard InChI is InChI=1S/C30H28N8O2/c1-19(2)17-37-29(39)26-28(38(30(37)40)23-9-5-4-6-10-23)31-20(3)36(26)18-21-13-15-22(16-14-21)24-11-7-8-12-25(24)27-32-34-35-33-27/h4-16,19H,17-18H2,1-3H3,(H,32,33,34,35). The van der Waals surface area contributed by atoms with Gasteiger partial charge in [-0.2, -0.15) is 0 Å². The van der Waals surface area contributed by atoms with Gasteiger partial charge in [-0.3, -0.25) is 9.36 Å². The highest BCUT2D eigenvalue weighted by molar-refractivity contribution is 5.80. The second kappa shape index (κ2) is 10.2. The van der Waals surface area contributed by atoms with Crippen molar-refractivity contribution in [3.8, 4) is 28.2 Å². The molecule has 0 unspecified atom stereocenters. The fraction of sp³-hybridized carbons (Fsp3) is 0.200. The number of aromatic nitrogens is 8. The van der Waals surface area contributed by atoms with Crippen molar-refractivity contribution in [2.45, 2.75) is 33.9 Å². The van der Waals surface area contributed by atoms with E-state index in [-0.39, 0.29) is 17.2 Å². The van der Waals surface area contributed by atoms with Crippen molar-refractivity contribution in [1.82, 2.24) is 39.3 Å². The van der Waals surface area contributed by atoms with Crippen LogP contribution in [0.4, 0.5) is 0 Å². The molecule has 3 aromatic carbocycles. The second-order valence-electron chi connectivity index (χ2n) is 10.2. The average molecular weight is 533 g/mol. The summed E-state index contributed by atoms with van der Waals surface area (Å²) < 4.78 is 4.77. The molecule has 0 saturated heterocycles. The van der Waals surface area contributed by atoms with Gasteiger partial charge in [0.1, 0.15) is 5.82 Å². The highest BCUT2D eigenvalue weighted by Gasteiger charge is 2.22. The first-order chi connectivity index (χ1) is 19.4. The molecule has 0 aliphatic heterocycles. The van der Waals surface area contributed by atoms with Gasteiger partial charge in [-0.15, -0.1) is 5.10 Å². The predicted molar refractivity (Wildman–Crippen MR) is 153 cm³/mol. The van der Waals surface area contributed by atoms with Crippen molar-refractivity contribution < 1.29 is 0 Å². The lowest BCUT2D eigenvalue weighted by atomic mass is 9.98. The highest BCUT2D eigenvalue weighted by atomic mass is 16.2. The van der Waals surface area contributed by atoms with Crippen molar-refractivity contribution in [2.24, 2.45) is 5.92 Å². The summed E-state index contributed by atoms with van der Waals surface area (Å²) in [6.45, 7) is 6.59. The molecule has 0 saturated carbocycles. The zero-order valence-electron chi connectivity index (χ0n) is 22.4. The lowest BCUT2D eigenvalue weighted by Crippen LogP contribution is -2.41. The minimum atomic E-state index is -0.382. The zero-order chi connectivity index (χ0) is 27.8. The summed E-state index contributed by atoms with van der Waals surface area (Å²) in [6.07, 6.45) is 0. The third kappa shape index (κ3) is 4.43. The number of nitrogens with one attached hydrogen (secondary N) is 1. The van der Waals surface area contributed by atoms with Crippen molar-refractivity contribution >= 4 is 11.2 Å². The van der Waals surface area contributed by atoms with Crippen molar-refractivity contribution in [1.29, 1.82) is 0 Å². The molecule has 6 aromatic rings. The Labute approximate surface area is 229 Å². The Morgan fingerprint density at radius 3 is 2.23 bits per heavy atom. The van der Waals surface area contributed by atoms with Crippen molar-refractivity contribution in [3.63, 3.8) is 0 Å². The van der Waals surface area contributed by atoms with Crippen LogP contribution in [-0.2, 0) is 13.1 Å². The number of para-hydroxylation sites is 1. The van der Waals surface area contributed by atoms with Gasteiger partial charge in [-0.25, -0.2) is 19.4 Å². The lowest BCUT2D eigenvalue weighted by molar-refractivity contribution is 0.489. The molecule has 0 atom stereocenters. The summed E-state index contributed by atoms with van der Waals surface area (Å²) in [6, 6.07) is 25.4. The minimum absolute atomic E-state index is 0.118. The number of H-pyrrole nitrogens is 1. The first kappa shape index (κ1) is 25.2. The fourth-order valence-electron chi connectivity index (χ4n) is 5.06. The Hall–Kier alpha value is -5.12. The summed E-state index contributed by atoms with van der Waals surface area (Å²) >= 11 is 0. The molecule has 0 bridgehead atoms. The Balaban J connectivity index is 1.45. The zero-order valence-corrected chi connectivity index (χ0v) is 22.4. The quantitative estimate of drug-likeness (QED) is 0.329. The number of aromatic amines is 1. The average Bonchev–Trinajstić information content (AvgIpc) is 3.61. The molecule has 0 amide bonds. The Morgan fingerprint density at radius 2 is 1.55 bits per heavy atom. The first-order valence-corrected chi connectivity index (χ1v) is 13.1. The molecule has 3 aromatic heterocycles. The smallest absolute Gasteiger partial charge is 0.318 e. The molecule has 0 radical (unpaired) electrons. The third-order valence-corrected chi connectivity index (χ3v) is 6.92. The van der Waals surface area contributed by atoms with E-state index in [1.807, 2.05) is 104 Å². The molecule has 0 fully saturated rings. The topological polar surface area (TPSA) is 116 Å². The molecular formula is C30H28N8O2. The van der Waals surface area contributed by atoms with Gasteiger partial charge in [0.25, 0.3) is 5.56 Å². The van der Waals surface area contributed by atoms with Gasteiger partial charge < -0.3 is 4.57 Å². The highest BCUT2D eigenvalue weighted by Crippen LogP contribution is 2.30. The van der Waals surface area contributed by atoms with E-state index in [0.717, 1.165) is 22.3 Å². The molecule has 0 spiro atoms. The van der Waals surface area contributed by atoms with Crippen LogP contribution in [0.5, 0.6) is 0 Å². The van der Waals surface area contributed by atoms with Gasteiger partial charge in [0.05, 0.1) is 5.69 Å². The maximum atomic E-state index is 13.8. The van der Waals surface area contributed by atoms with Gasteiger partial charge in [0, 0.05) is 18.7 Å². The molecule has 40 heavy (non-hydrogen) atoms. The third-order valence-electron chi connectivity index (χ3n) is 6.92. The minimum Gasteiger partial charge on any atom is -0.318 e. The van der Waals surface area contributed by atoms with E-state index in [1.165, 1.54) is 4.57 Å². The maximum absolute atomic E-state index is 13.8. The maximum Gasteiger partial charge on any atom is 0.337 e. The number of imidazole rings is 1. The van der Waals surface area contributed by atoms with E-state index in [4.69, 9.17) is 4.98 Å². The van der Waals surface area contributed by atoms with Gasteiger partial charge in [-0.1, -0.05) is 80.6 Å². The molecule has 6 rings (SSSR count). The van der Waals surface area contributed by atoms with Crippen LogP contribution in [0.25, 0.3) is 39.4 Å². The summed E-state index contributed by atoms with van der Waals surface area (Å²) in [5.74, 6) is 1.38. The van der Waals surface area contributed by atoms with E-state index >= 15 is 0 Å². The largest absolute Gasteiger partial charge is 0.337 e. The van der Waals surface area contributed by atoms with Gasteiger partial charge >= 0.3 is 5.69 Å².